The zero-order chi connectivity index (χ0) is 20.2. The molecular formula is C22H26N4O2S. The molecule has 29 heavy (non-hydrogen) atoms. The van der Waals surface area contributed by atoms with E-state index in [0.29, 0.717) is 13.1 Å². The van der Waals surface area contributed by atoms with Crippen LogP contribution >= 0.6 is 11.3 Å². The van der Waals surface area contributed by atoms with Crippen LogP contribution in [-0.2, 0) is 11.3 Å². The van der Waals surface area contributed by atoms with Gasteiger partial charge >= 0.3 is 0 Å². The van der Waals surface area contributed by atoms with Gasteiger partial charge in [-0.2, -0.15) is 0 Å². The van der Waals surface area contributed by atoms with Crippen molar-refractivity contribution >= 4 is 33.1 Å². The van der Waals surface area contributed by atoms with Crippen LogP contribution in [0.15, 0.2) is 48.5 Å². The molecule has 6 nitrogen and oxygen atoms in total. The third kappa shape index (κ3) is 4.68. The van der Waals surface area contributed by atoms with E-state index in [9.17, 15) is 4.79 Å². The van der Waals surface area contributed by atoms with Gasteiger partial charge in [-0.05, 0) is 24.3 Å². The first kappa shape index (κ1) is 19.7. The van der Waals surface area contributed by atoms with Gasteiger partial charge in [-0.25, -0.2) is 4.98 Å². The Kier molecular flexibility index (Phi) is 5.97. The normalized spacial score (nSPS) is 14.9. The largest absolute Gasteiger partial charge is 0.497 e. The highest BCUT2D eigenvalue weighted by atomic mass is 32.1. The number of carbonyl (C=O) groups is 1. The molecule has 1 fully saturated rings. The molecule has 0 bridgehead atoms. The molecule has 2 aromatic carbocycles. The van der Waals surface area contributed by atoms with Crippen molar-refractivity contribution in [2.75, 3.05) is 51.8 Å². The van der Waals surface area contributed by atoms with Gasteiger partial charge in [0.2, 0.25) is 5.91 Å². The summed E-state index contributed by atoms with van der Waals surface area (Å²) < 4.78 is 6.49. The molecule has 1 aliphatic rings. The summed E-state index contributed by atoms with van der Waals surface area (Å²) in [6.45, 7) is 4.56. The van der Waals surface area contributed by atoms with E-state index in [1.807, 2.05) is 37.4 Å². The van der Waals surface area contributed by atoms with Crippen LogP contribution in [0.5, 0.6) is 5.75 Å². The van der Waals surface area contributed by atoms with E-state index in [1.54, 1.807) is 23.3 Å². The molecule has 4 rings (SSSR count). The summed E-state index contributed by atoms with van der Waals surface area (Å²) >= 11 is 1.65. The summed E-state index contributed by atoms with van der Waals surface area (Å²) in [4.78, 5) is 23.7. The number of thiazole rings is 1. The molecule has 1 amide bonds. The number of ether oxygens (including phenoxy) is 1. The van der Waals surface area contributed by atoms with Crippen LogP contribution in [0, 0.1) is 0 Å². The molecule has 0 aliphatic carbocycles. The predicted molar refractivity (Wildman–Crippen MR) is 118 cm³/mol. The van der Waals surface area contributed by atoms with E-state index in [-0.39, 0.29) is 5.91 Å². The standard InChI is InChI=1S/C22H26N4O2S/c1-24(15-21-23-19-8-3-4-9-20(19)29-21)22(27)16-25-10-12-26(13-11-25)17-6-5-7-18(14-17)28-2/h3-9,14H,10-13,15-16H2,1-2H3. The fourth-order valence-electron chi connectivity index (χ4n) is 3.56. The number of hydrogen-bond donors (Lipinski definition) is 0. The molecule has 1 aromatic heterocycles. The first-order valence-corrected chi connectivity index (χ1v) is 10.6. The molecule has 0 spiro atoms. The van der Waals surface area contributed by atoms with E-state index in [4.69, 9.17) is 4.74 Å². The second kappa shape index (κ2) is 8.80. The maximum atomic E-state index is 12.7. The number of methoxy groups -OCH3 is 1. The summed E-state index contributed by atoms with van der Waals surface area (Å²) in [5, 5.41) is 0.977. The number of aromatic nitrogens is 1. The maximum Gasteiger partial charge on any atom is 0.236 e. The lowest BCUT2D eigenvalue weighted by atomic mass is 10.2. The molecule has 2 heterocycles. The van der Waals surface area contributed by atoms with Crippen LogP contribution in [0.1, 0.15) is 5.01 Å². The minimum atomic E-state index is 0.138. The number of fused-ring (bicyclic) bond motifs is 1. The second-order valence-electron chi connectivity index (χ2n) is 7.29. The van der Waals surface area contributed by atoms with E-state index in [1.165, 1.54) is 5.69 Å². The molecule has 0 saturated carbocycles. The van der Waals surface area contributed by atoms with Crippen molar-refractivity contribution in [2.45, 2.75) is 6.54 Å². The van der Waals surface area contributed by atoms with Crippen LogP contribution in [0.4, 0.5) is 5.69 Å². The molecular weight excluding hydrogens is 384 g/mol. The van der Waals surface area contributed by atoms with Crippen molar-refractivity contribution < 1.29 is 9.53 Å². The maximum absolute atomic E-state index is 12.7. The molecule has 0 atom stereocenters. The summed E-state index contributed by atoms with van der Waals surface area (Å²) in [6, 6.07) is 16.2. The number of amides is 1. The van der Waals surface area contributed by atoms with Gasteiger partial charge in [0.05, 0.1) is 30.4 Å². The monoisotopic (exact) mass is 410 g/mol. The molecule has 1 aliphatic heterocycles. The molecule has 0 N–H and O–H groups in total. The number of carbonyl (C=O) groups excluding carboxylic acids is 1. The van der Waals surface area contributed by atoms with Crippen molar-refractivity contribution in [1.82, 2.24) is 14.8 Å². The molecule has 0 unspecified atom stereocenters. The Balaban J connectivity index is 1.28. The Bertz CT molecular complexity index is 949. The minimum Gasteiger partial charge on any atom is -0.497 e. The van der Waals surface area contributed by atoms with E-state index in [0.717, 1.165) is 47.2 Å². The van der Waals surface area contributed by atoms with E-state index < -0.39 is 0 Å². The van der Waals surface area contributed by atoms with Crippen molar-refractivity contribution in [3.63, 3.8) is 0 Å². The van der Waals surface area contributed by atoms with E-state index >= 15 is 0 Å². The van der Waals surface area contributed by atoms with Gasteiger partial charge in [-0.3, -0.25) is 9.69 Å². The van der Waals surface area contributed by atoms with E-state index in [2.05, 4.69) is 33.0 Å². The first-order valence-electron chi connectivity index (χ1n) is 9.82. The van der Waals surface area contributed by atoms with Gasteiger partial charge in [0.15, 0.2) is 0 Å². The predicted octanol–water partition coefficient (Wildman–Crippen LogP) is 3.09. The number of piperazine rings is 1. The number of likely N-dealkylation sites (N-methyl/N-ethyl adjacent to an activating group) is 1. The zero-order valence-corrected chi connectivity index (χ0v) is 17.7. The van der Waals surface area contributed by atoms with Crippen LogP contribution in [0.2, 0.25) is 0 Å². The van der Waals surface area contributed by atoms with Gasteiger partial charge in [0, 0.05) is 45.0 Å². The number of hydrogen-bond acceptors (Lipinski definition) is 6. The van der Waals surface area contributed by atoms with Crippen LogP contribution < -0.4 is 9.64 Å². The van der Waals surface area contributed by atoms with Crippen LogP contribution in [0.3, 0.4) is 0 Å². The van der Waals surface area contributed by atoms with Gasteiger partial charge in [0.25, 0.3) is 0 Å². The van der Waals surface area contributed by atoms with Crippen molar-refractivity contribution in [1.29, 1.82) is 0 Å². The Morgan fingerprint density at radius 3 is 2.69 bits per heavy atom. The quantitative estimate of drug-likeness (QED) is 0.625. The Labute approximate surface area is 175 Å². The van der Waals surface area contributed by atoms with Crippen molar-refractivity contribution in [3.8, 4) is 5.75 Å². The Morgan fingerprint density at radius 2 is 1.93 bits per heavy atom. The summed E-state index contributed by atoms with van der Waals surface area (Å²) in [7, 11) is 3.55. The fourth-order valence-corrected chi connectivity index (χ4v) is 4.58. The molecule has 0 radical (unpaired) electrons. The van der Waals surface area contributed by atoms with Crippen LogP contribution in [0.25, 0.3) is 10.2 Å². The summed E-state index contributed by atoms with van der Waals surface area (Å²) in [5.41, 5.74) is 2.17. The SMILES string of the molecule is COc1cccc(N2CCN(CC(=O)N(C)Cc3nc4ccccc4s3)CC2)c1. The third-order valence-corrected chi connectivity index (χ3v) is 6.31. The lowest BCUT2D eigenvalue weighted by molar-refractivity contribution is -0.131. The lowest BCUT2D eigenvalue weighted by Gasteiger charge is -2.36. The lowest BCUT2D eigenvalue weighted by Crippen LogP contribution is -2.49. The first-order chi connectivity index (χ1) is 14.1. The molecule has 152 valence electrons. The number of anilines is 1. The second-order valence-corrected chi connectivity index (χ2v) is 8.41. The summed E-state index contributed by atoms with van der Waals surface area (Å²) in [6.07, 6.45) is 0. The highest BCUT2D eigenvalue weighted by molar-refractivity contribution is 7.18. The topological polar surface area (TPSA) is 48.9 Å². The highest BCUT2D eigenvalue weighted by Gasteiger charge is 2.21. The Morgan fingerprint density at radius 1 is 1.14 bits per heavy atom. The van der Waals surface area contributed by atoms with Gasteiger partial charge in [0.1, 0.15) is 10.8 Å². The average Bonchev–Trinajstić information content (AvgIpc) is 3.16. The molecule has 7 heteroatoms. The fraction of sp³-hybridized carbons (Fsp3) is 0.364. The zero-order valence-electron chi connectivity index (χ0n) is 16.9. The molecule has 1 saturated heterocycles. The number of rotatable bonds is 6. The minimum absolute atomic E-state index is 0.138. The highest BCUT2D eigenvalue weighted by Crippen LogP contribution is 2.23. The summed E-state index contributed by atoms with van der Waals surface area (Å²) in [5.74, 6) is 1.01. The van der Waals surface area contributed by atoms with Crippen molar-refractivity contribution in [3.05, 3.63) is 53.5 Å². The van der Waals surface area contributed by atoms with Gasteiger partial charge in [-0.1, -0.05) is 18.2 Å². The van der Waals surface area contributed by atoms with Crippen LogP contribution in [-0.4, -0.2) is 67.6 Å². The average molecular weight is 411 g/mol. The Hall–Kier alpha value is -2.64. The number of para-hydroxylation sites is 1. The smallest absolute Gasteiger partial charge is 0.236 e. The third-order valence-electron chi connectivity index (χ3n) is 5.29. The van der Waals surface area contributed by atoms with Gasteiger partial charge in [-0.15, -0.1) is 11.3 Å². The number of benzene rings is 2. The number of nitrogens with zero attached hydrogens (tertiary/aromatic N) is 4. The van der Waals surface area contributed by atoms with Crippen molar-refractivity contribution in [2.24, 2.45) is 0 Å². The molecule has 3 aromatic rings. The van der Waals surface area contributed by atoms with Gasteiger partial charge < -0.3 is 14.5 Å².